The molecule has 6 heteroatoms. The second-order valence-corrected chi connectivity index (χ2v) is 6.54. The standard InChI is InChI=1S/C17H24N4O2/c1-17(2,3)23-16(22)21-11-9-20(10-12-21)15(19)14(18)13-7-5-4-6-8-13/h4-8,18-19H,9-12H2,1-3H3. The van der Waals surface area contributed by atoms with Crippen molar-refractivity contribution >= 4 is 17.6 Å². The van der Waals surface area contributed by atoms with Crippen LogP contribution >= 0.6 is 0 Å². The number of ether oxygens (including phenoxy) is 1. The Balaban J connectivity index is 1.90. The van der Waals surface area contributed by atoms with Crippen molar-refractivity contribution in [3.8, 4) is 0 Å². The smallest absolute Gasteiger partial charge is 0.410 e. The molecular weight excluding hydrogens is 292 g/mol. The molecule has 1 heterocycles. The minimum Gasteiger partial charge on any atom is -0.444 e. The summed E-state index contributed by atoms with van der Waals surface area (Å²) in [4.78, 5) is 15.5. The van der Waals surface area contributed by atoms with E-state index in [1.54, 1.807) is 4.90 Å². The Kier molecular flexibility index (Phi) is 5.03. The van der Waals surface area contributed by atoms with Crippen LogP contribution in [0.5, 0.6) is 0 Å². The van der Waals surface area contributed by atoms with Crippen LogP contribution < -0.4 is 0 Å². The van der Waals surface area contributed by atoms with E-state index in [0.29, 0.717) is 26.2 Å². The van der Waals surface area contributed by atoms with Gasteiger partial charge in [-0.1, -0.05) is 30.3 Å². The number of amidine groups is 1. The van der Waals surface area contributed by atoms with Gasteiger partial charge in [0.15, 0.2) is 0 Å². The highest BCUT2D eigenvalue weighted by Gasteiger charge is 2.27. The minimum atomic E-state index is -0.504. The molecule has 23 heavy (non-hydrogen) atoms. The highest BCUT2D eigenvalue weighted by Crippen LogP contribution is 2.13. The SMILES string of the molecule is CC(C)(C)OC(=O)N1CCN(C(=N)C(=N)c2ccccc2)CC1. The number of carbonyl (C=O) groups excluding carboxylic acids is 1. The quantitative estimate of drug-likeness (QED) is 0.650. The number of hydrogen-bond acceptors (Lipinski definition) is 4. The lowest BCUT2D eigenvalue weighted by molar-refractivity contribution is 0.0187. The first kappa shape index (κ1) is 17.0. The molecule has 1 amide bonds. The third-order valence-corrected chi connectivity index (χ3v) is 3.55. The Morgan fingerprint density at radius 1 is 1.00 bits per heavy atom. The van der Waals surface area contributed by atoms with Gasteiger partial charge in [-0.2, -0.15) is 0 Å². The van der Waals surface area contributed by atoms with Crippen molar-refractivity contribution < 1.29 is 9.53 Å². The second-order valence-electron chi connectivity index (χ2n) is 6.54. The van der Waals surface area contributed by atoms with Gasteiger partial charge in [0.2, 0.25) is 0 Å². The maximum Gasteiger partial charge on any atom is 0.410 e. The molecule has 0 saturated carbocycles. The largest absolute Gasteiger partial charge is 0.444 e. The predicted molar refractivity (Wildman–Crippen MR) is 90.4 cm³/mol. The molecule has 2 N–H and O–H groups in total. The maximum absolute atomic E-state index is 12.0. The summed E-state index contributed by atoms with van der Waals surface area (Å²) in [5, 5.41) is 16.4. The Morgan fingerprint density at radius 3 is 2.04 bits per heavy atom. The van der Waals surface area contributed by atoms with E-state index >= 15 is 0 Å². The van der Waals surface area contributed by atoms with E-state index in [-0.39, 0.29) is 17.6 Å². The average molecular weight is 316 g/mol. The zero-order valence-corrected chi connectivity index (χ0v) is 13.9. The van der Waals surface area contributed by atoms with Crippen LogP contribution in [0.4, 0.5) is 4.79 Å². The molecule has 0 spiro atoms. The summed E-state index contributed by atoms with van der Waals surface area (Å²) in [5.41, 5.74) is 0.430. The molecule has 124 valence electrons. The summed E-state index contributed by atoms with van der Waals surface area (Å²) >= 11 is 0. The Morgan fingerprint density at radius 2 is 1.52 bits per heavy atom. The molecule has 0 unspecified atom stereocenters. The number of piperazine rings is 1. The van der Waals surface area contributed by atoms with Gasteiger partial charge in [-0.05, 0) is 20.8 Å². The fourth-order valence-electron chi connectivity index (χ4n) is 2.34. The summed E-state index contributed by atoms with van der Waals surface area (Å²) in [6.07, 6.45) is -0.318. The number of hydrogen-bond donors (Lipinski definition) is 2. The van der Waals surface area contributed by atoms with E-state index in [2.05, 4.69) is 0 Å². The molecule has 1 aromatic carbocycles. The van der Waals surface area contributed by atoms with Gasteiger partial charge >= 0.3 is 6.09 Å². The van der Waals surface area contributed by atoms with Gasteiger partial charge in [-0.15, -0.1) is 0 Å². The van der Waals surface area contributed by atoms with E-state index in [9.17, 15) is 4.79 Å². The van der Waals surface area contributed by atoms with Gasteiger partial charge < -0.3 is 14.5 Å². The van der Waals surface area contributed by atoms with Crippen molar-refractivity contribution in [2.24, 2.45) is 0 Å². The normalized spacial score (nSPS) is 15.3. The fraction of sp³-hybridized carbons (Fsp3) is 0.471. The first-order valence-corrected chi connectivity index (χ1v) is 7.74. The van der Waals surface area contributed by atoms with Crippen molar-refractivity contribution in [2.75, 3.05) is 26.2 Å². The molecule has 0 atom stereocenters. The highest BCUT2D eigenvalue weighted by atomic mass is 16.6. The summed E-state index contributed by atoms with van der Waals surface area (Å²) < 4.78 is 5.36. The van der Waals surface area contributed by atoms with Crippen LogP contribution in [-0.4, -0.2) is 59.2 Å². The van der Waals surface area contributed by atoms with Gasteiger partial charge in [-0.25, -0.2) is 4.79 Å². The van der Waals surface area contributed by atoms with Crippen LogP contribution in [0, 0.1) is 10.8 Å². The van der Waals surface area contributed by atoms with Crippen molar-refractivity contribution in [3.05, 3.63) is 35.9 Å². The minimum absolute atomic E-state index is 0.194. The molecule has 2 rings (SSSR count). The van der Waals surface area contributed by atoms with Crippen molar-refractivity contribution in [1.29, 1.82) is 10.8 Å². The molecule has 0 aromatic heterocycles. The number of amides is 1. The average Bonchev–Trinajstić information content (AvgIpc) is 2.53. The summed E-state index contributed by atoms with van der Waals surface area (Å²) in [6.45, 7) is 7.60. The first-order valence-electron chi connectivity index (χ1n) is 7.74. The summed E-state index contributed by atoms with van der Waals surface area (Å²) in [6, 6.07) is 9.26. The predicted octanol–water partition coefficient (Wildman–Crippen LogP) is 2.58. The lowest BCUT2D eigenvalue weighted by atomic mass is 10.1. The molecule has 0 aliphatic carbocycles. The Labute approximate surface area is 137 Å². The zero-order valence-electron chi connectivity index (χ0n) is 13.9. The Bertz CT molecular complexity index is 584. The van der Waals surface area contributed by atoms with E-state index < -0.39 is 5.60 Å². The number of benzene rings is 1. The summed E-state index contributed by atoms with van der Waals surface area (Å²) in [7, 11) is 0. The molecule has 0 bridgehead atoms. The molecule has 1 aromatic rings. The van der Waals surface area contributed by atoms with Crippen LogP contribution in [0.25, 0.3) is 0 Å². The van der Waals surface area contributed by atoms with Gasteiger partial charge in [-0.3, -0.25) is 10.8 Å². The lowest BCUT2D eigenvalue weighted by Crippen LogP contribution is -2.52. The van der Waals surface area contributed by atoms with Crippen molar-refractivity contribution in [3.63, 3.8) is 0 Å². The zero-order chi connectivity index (χ0) is 17.0. The topological polar surface area (TPSA) is 80.5 Å². The Hall–Kier alpha value is -2.37. The number of nitrogens with one attached hydrogen (secondary N) is 2. The lowest BCUT2D eigenvalue weighted by Gasteiger charge is -2.36. The highest BCUT2D eigenvalue weighted by molar-refractivity contribution is 6.45. The van der Waals surface area contributed by atoms with Crippen LogP contribution in [0.2, 0.25) is 0 Å². The molecule has 1 saturated heterocycles. The third-order valence-electron chi connectivity index (χ3n) is 3.55. The van der Waals surface area contributed by atoms with Gasteiger partial charge in [0.1, 0.15) is 17.1 Å². The van der Waals surface area contributed by atoms with Crippen LogP contribution in [0.1, 0.15) is 26.3 Å². The fourth-order valence-corrected chi connectivity index (χ4v) is 2.34. The van der Waals surface area contributed by atoms with Gasteiger partial charge in [0, 0.05) is 31.7 Å². The number of rotatable bonds is 2. The van der Waals surface area contributed by atoms with Gasteiger partial charge in [0.05, 0.1) is 0 Å². The van der Waals surface area contributed by atoms with Crippen LogP contribution in [-0.2, 0) is 4.74 Å². The van der Waals surface area contributed by atoms with E-state index in [0.717, 1.165) is 5.56 Å². The van der Waals surface area contributed by atoms with E-state index in [1.165, 1.54) is 0 Å². The molecule has 1 aliphatic heterocycles. The second kappa shape index (κ2) is 6.81. The molecule has 6 nitrogen and oxygen atoms in total. The van der Waals surface area contributed by atoms with E-state index in [1.807, 2.05) is 56.0 Å². The molecule has 0 radical (unpaired) electrons. The third kappa shape index (κ3) is 4.55. The first-order chi connectivity index (χ1) is 10.8. The van der Waals surface area contributed by atoms with E-state index in [4.69, 9.17) is 15.6 Å². The van der Waals surface area contributed by atoms with Crippen LogP contribution in [0.3, 0.4) is 0 Å². The number of nitrogens with zero attached hydrogens (tertiary/aromatic N) is 2. The maximum atomic E-state index is 12.0. The number of carbonyl (C=O) groups is 1. The monoisotopic (exact) mass is 316 g/mol. The molecule has 1 aliphatic rings. The molecule has 1 fully saturated rings. The molecular formula is C17H24N4O2. The summed E-state index contributed by atoms with van der Waals surface area (Å²) in [5.74, 6) is 0.194. The van der Waals surface area contributed by atoms with Crippen molar-refractivity contribution in [1.82, 2.24) is 9.80 Å². The van der Waals surface area contributed by atoms with Crippen molar-refractivity contribution in [2.45, 2.75) is 26.4 Å². The van der Waals surface area contributed by atoms with Gasteiger partial charge in [0.25, 0.3) is 0 Å². The van der Waals surface area contributed by atoms with Crippen LogP contribution in [0.15, 0.2) is 30.3 Å².